The number of benzene rings is 3. The molecule has 0 aromatic heterocycles. The van der Waals surface area contributed by atoms with Crippen molar-refractivity contribution in [3.05, 3.63) is 71.8 Å². The van der Waals surface area contributed by atoms with Crippen LogP contribution >= 0.6 is 12.2 Å². The monoisotopic (exact) mass is 361 g/mol. The second-order valence-electron chi connectivity index (χ2n) is 5.80. The highest BCUT2D eigenvalue weighted by molar-refractivity contribution is 7.80. The maximum absolute atomic E-state index is 12.7. The van der Waals surface area contributed by atoms with E-state index in [-0.39, 0.29) is 5.78 Å². The number of hydrazone groups is 1. The Morgan fingerprint density at radius 1 is 1.04 bits per heavy atom. The predicted molar refractivity (Wildman–Crippen MR) is 107 cm³/mol. The van der Waals surface area contributed by atoms with Gasteiger partial charge in [-0.3, -0.25) is 10.2 Å². The van der Waals surface area contributed by atoms with E-state index in [1.165, 1.54) is 0 Å². The summed E-state index contributed by atoms with van der Waals surface area (Å²) in [5.41, 5.74) is 5.39. The van der Waals surface area contributed by atoms with Crippen LogP contribution in [-0.4, -0.2) is 23.7 Å². The van der Waals surface area contributed by atoms with Gasteiger partial charge in [-0.05, 0) is 29.7 Å². The van der Waals surface area contributed by atoms with Gasteiger partial charge in [0.25, 0.3) is 0 Å². The van der Waals surface area contributed by atoms with Gasteiger partial charge in [0.05, 0.1) is 7.11 Å². The topological polar surface area (TPSA) is 62.7 Å². The summed E-state index contributed by atoms with van der Waals surface area (Å²) in [6.45, 7) is 0. The fourth-order valence-corrected chi connectivity index (χ4v) is 3.22. The van der Waals surface area contributed by atoms with E-state index in [4.69, 9.17) is 17.0 Å². The molecular weight excluding hydrogens is 346 g/mol. The van der Waals surface area contributed by atoms with Gasteiger partial charge in [-0.1, -0.05) is 42.5 Å². The fourth-order valence-electron chi connectivity index (χ4n) is 3.05. The van der Waals surface area contributed by atoms with Gasteiger partial charge in [0.2, 0.25) is 5.78 Å². The first kappa shape index (κ1) is 16.2. The van der Waals surface area contributed by atoms with Crippen LogP contribution in [0.4, 0.5) is 5.69 Å². The van der Waals surface area contributed by atoms with E-state index in [9.17, 15) is 4.79 Å². The van der Waals surface area contributed by atoms with Crippen LogP contribution < -0.4 is 15.5 Å². The van der Waals surface area contributed by atoms with Gasteiger partial charge in [-0.2, -0.15) is 5.10 Å². The van der Waals surface area contributed by atoms with Gasteiger partial charge in [-0.15, -0.1) is 0 Å². The number of nitrogens with one attached hydrogen (secondary N) is 2. The Balaban J connectivity index is 1.57. The SMILES string of the molecule is COc1cccc(NC(=S)NN=C2C(=O)c3cccc4cccc2c34)c1. The zero-order valence-corrected chi connectivity index (χ0v) is 14.8. The summed E-state index contributed by atoms with van der Waals surface area (Å²) >= 11 is 5.28. The largest absolute Gasteiger partial charge is 0.497 e. The smallest absolute Gasteiger partial charge is 0.214 e. The molecule has 2 N–H and O–H groups in total. The number of carbonyl (C=O) groups excluding carboxylic acids is 1. The molecule has 0 saturated carbocycles. The number of hydrogen-bond acceptors (Lipinski definition) is 4. The Hall–Kier alpha value is -3.25. The fraction of sp³-hybridized carbons (Fsp3) is 0.0500. The summed E-state index contributed by atoms with van der Waals surface area (Å²) in [5, 5.41) is 9.54. The van der Waals surface area contributed by atoms with Crippen LogP contribution in [0.2, 0.25) is 0 Å². The summed E-state index contributed by atoms with van der Waals surface area (Å²) in [6.07, 6.45) is 0. The van der Waals surface area contributed by atoms with Crippen molar-refractivity contribution >= 4 is 45.3 Å². The Morgan fingerprint density at radius 2 is 1.77 bits per heavy atom. The minimum atomic E-state index is -0.103. The lowest BCUT2D eigenvalue weighted by Crippen LogP contribution is -2.26. The molecule has 1 aliphatic carbocycles. The van der Waals surface area contributed by atoms with Crippen molar-refractivity contribution in [1.29, 1.82) is 0 Å². The molecule has 0 saturated heterocycles. The normalized spacial score (nSPS) is 13.9. The number of hydrogen-bond donors (Lipinski definition) is 2. The summed E-state index contributed by atoms with van der Waals surface area (Å²) in [4.78, 5) is 12.7. The lowest BCUT2D eigenvalue weighted by atomic mass is 10.1. The van der Waals surface area contributed by atoms with Gasteiger partial charge >= 0.3 is 0 Å². The van der Waals surface area contributed by atoms with Crippen LogP contribution in [0.1, 0.15) is 15.9 Å². The molecule has 1 aliphatic rings. The Kier molecular flexibility index (Phi) is 4.10. The maximum Gasteiger partial charge on any atom is 0.214 e. The molecule has 4 rings (SSSR count). The van der Waals surface area contributed by atoms with Crippen LogP contribution in [-0.2, 0) is 0 Å². The molecule has 0 amide bonds. The van der Waals surface area contributed by atoms with E-state index in [1.807, 2.05) is 60.7 Å². The minimum absolute atomic E-state index is 0.103. The highest BCUT2D eigenvalue weighted by Crippen LogP contribution is 2.30. The minimum Gasteiger partial charge on any atom is -0.497 e. The van der Waals surface area contributed by atoms with Crippen LogP contribution in [0, 0.1) is 0 Å². The number of carbonyl (C=O) groups is 1. The first-order valence-corrected chi connectivity index (χ1v) is 8.44. The summed E-state index contributed by atoms with van der Waals surface area (Å²) in [7, 11) is 1.60. The molecule has 0 fully saturated rings. The number of methoxy groups -OCH3 is 1. The zero-order chi connectivity index (χ0) is 18.1. The number of ether oxygens (including phenoxy) is 1. The number of rotatable bonds is 3. The van der Waals surface area contributed by atoms with Crippen LogP contribution in [0.3, 0.4) is 0 Å². The molecule has 0 heterocycles. The highest BCUT2D eigenvalue weighted by atomic mass is 32.1. The third-order valence-electron chi connectivity index (χ3n) is 4.22. The van der Waals surface area contributed by atoms with E-state index in [0.717, 1.165) is 27.8 Å². The number of ketones is 1. The molecule has 3 aromatic carbocycles. The molecule has 0 aliphatic heterocycles. The van der Waals surface area contributed by atoms with Crippen LogP contribution in [0.5, 0.6) is 5.75 Å². The zero-order valence-electron chi connectivity index (χ0n) is 13.9. The second kappa shape index (κ2) is 6.57. The van der Waals surface area contributed by atoms with Crippen molar-refractivity contribution in [2.45, 2.75) is 0 Å². The Labute approximate surface area is 155 Å². The van der Waals surface area contributed by atoms with Crippen molar-refractivity contribution < 1.29 is 9.53 Å². The Bertz CT molecular complexity index is 1070. The molecule has 0 unspecified atom stereocenters. The van der Waals surface area contributed by atoms with Crippen molar-refractivity contribution in [3.63, 3.8) is 0 Å². The molecule has 0 atom stereocenters. The summed E-state index contributed by atoms with van der Waals surface area (Å²) in [5.74, 6) is 0.616. The van der Waals surface area contributed by atoms with Gasteiger partial charge in [-0.25, -0.2) is 0 Å². The molecule has 26 heavy (non-hydrogen) atoms. The third kappa shape index (κ3) is 2.80. The first-order chi connectivity index (χ1) is 12.7. The highest BCUT2D eigenvalue weighted by Gasteiger charge is 2.28. The lowest BCUT2D eigenvalue weighted by molar-refractivity contribution is 0.106. The van der Waals surface area contributed by atoms with Gasteiger partial charge in [0, 0.05) is 28.3 Å². The maximum atomic E-state index is 12.7. The summed E-state index contributed by atoms with van der Waals surface area (Å²) in [6, 6.07) is 18.9. The molecule has 0 spiro atoms. The average Bonchev–Trinajstić information content (AvgIpc) is 2.94. The van der Waals surface area contributed by atoms with Crippen molar-refractivity contribution in [2.75, 3.05) is 12.4 Å². The average molecular weight is 361 g/mol. The predicted octanol–water partition coefficient (Wildman–Crippen LogP) is 3.74. The molecule has 0 bridgehead atoms. The number of nitrogens with zero attached hydrogens (tertiary/aromatic N) is 1. The third-order valence-corrected chi connectivity index (χ3v) is 4.41. The van der Waals surface area contributed by atoms with E-state index in [0.29, 0.717) is 16.4 Å². The molecule has 6 heteroatoms. The standard InChI is InChI=1S/C20H15N3O2S/c1-25-14-8-4-7-13(11-14)21-20(26)23-22-18-15-9-2-5-12-6-3-10-16(17(12)15)19(18)24/h2-11H,1H3,(H2,21,23,26). The van der Waals surface area contributed by atoms with Crippen molar-refractivity contribution in [1.82, 2.24) is 5.43 Å². The van der Waals surface area contributed by atoms with Crippen molar-refractivity contribution in [3.8, 4) is 5.75 Å². The van der Waals surface area contributed by atoms with E-state index in [1.54, 1.807) is 7.11 Å². The second-order valence-corrected chi connectivity index (χ2v) is 6.20. The summed E-state index contributed by atoms with van der Waals surface area (Å²) < 4.78 is 5.18. The van der Waals surface area contributed by atoms with E-state index in [2.05, 4.69) is 15.8 Å². The molecule has 0 radical (unpaired) electrons. The van der Waals surface area contributed by atoms with Crippen LogP contribution in [0.25, 0.3) is 10.8 Å². The lowest BCUT2D eigenvalue weighted by Gasteiger charge is -2.09. The first-order valence-electron chi connectivity index (χ1n) is 8.03. The van der Waals surface area contributed by atoms with Crippen LogP contribution in [0.15, 0.2) is 65.8 Å². The Morgan fingerprint density at radius 3 is 2.54 bits per heavy atom. The quantitative estimate of drug-likeness (QED) is 0.550. The molecule has 5 nitrogen and oxygen atoms in total. The van der Waals surface area contributed by atoms with Gasteiger partial charge < -0.3 is 10.1 Å². The number of Topliss-reactive ketones (excluding diaryl/α,β-unsaturated/α-hetero) is 1. The molecule has 3 aromatic rings. The van der Waals surface area contributed by atoms with E-state index < -0.39 is 0 Å². The molecule has 128 valence electrons. The van der Waals surface area contributed by atoms with Gasteiger partial charge in [0.1, 0.15) is 11.5 Å². The number of anilines is 1. The van der Waals surface area contributed by atoms with Crippen molar-refractivity contribution in [2.24, 2.45) is 5.10 Å². The van der Waals surface area contributed by atoms with Gasteiger partial charge in [0.15, 0.2) is 5.11 Å². The van der Waals surface area contributed by atoms with E-state index >= 15 is 0 Å². The molecular formula is C20H15N3O2S. The number of thiocarbonyl (C=S) groups is 1.